The first-order valence-corrected chi connectivity index (χ1v) is 20.4. The quantitative estimate of drug-likeness (QED) is 0.326. The molecule has 1 saturated heterocycles. The number of hydrogen-bond donors (Lipinski definition) is 3. The van der Waals surface area contributed by atoms with Crippen LogP contribution in [0.15, 0.2) is 42.6 Å². The lowest BCUT2D eigenvalue weighted by Gasteiger charge is -2.33. The van der Waals surface area contributed by atoms with Gasteiger partial charge < -0.3 is 29.7 Å². The van der Waals surface area contributed by atoms with Crippen molar-refractivity contribution in [2.45, 2.75) is 114 Å². The molecule has 3 fully saturated rings. The second-order valence-electron chi connectivity index (χ2n) is 16.6. The highest BCUT2D eigenvalue weighted by Gasteiger charge is 2.64. The molecule has 2 aliphatic heterocycles. The summed E-state index contributed by atoms with van der Waals surface area (Å²) in [7, 11) is -2.83. The molecule has 4 amide bonds. The fourth-order valence-corrected chi connectivity index (χ4v) is 9.19. The van der Waals surface area contributed by atoms with Gasteiger partial charge in [0, 0.05) is 29.3 Å². The van der Waals surface area contributed by atoms with E-state index in [0.717, 1.165) is 11.8 Å². The van der Waals surface area contributed by atoms with Gasteiger partial charge in [-0.15, -0.1) is 0 Å². The highest BCUT2D eigenvalue weighted by molar-refractivity contribution is 7.91. The van der Waals surface area contributed by atoms with Crippen molar-refractivity contribution in [3.05, 3.63) is 42.6 Å². The molecule has 55 heavy (non-hydrogen) atoms. The Labute approximate surface area is 321 Å². The first kappa shape index (κ1) is 40.2. The van der Waals surface area contributed by atoms with E-state index in [2.05, 4.69) is 27.3 Å². The zero-order valence-electron chi connectivity index (χ0n) is 32.2. The van der Waals surface area contributed by atoms with E-state index in [4.69, 9.17) is 14.2 Å². The molecule has 0 spiro atoms. The number of pyridine rings is 1. The first-order valence-electron chi connectivity index (χ1n) is 18.9. The van der Waals surface area contributed by atoms with Crippen LogP contribution in [0.3, 0.4) is 0 Å². The SMILES string of the molecule is COc1cccc2c(OC3CC4C(=O)NC5(C(=O)NS(=O)(=O)C6(CF)CC6)CC5C=CCCC(C)CC(C)C(NC(=O)OC(C)(C)C)C(=O)N4C3)nccc12. The lowest BCUT2D eigenvalue weighted by Crippen LogP contribution is -2.59. The Morgan fingerprint density at radius 1 is 1.11 bits per heavy atom. The molecular formula is C39H52FN5O9S. The summed E-state index contributed by atoms with van der Waals surface area (Å²) in [5, 5.41) is 7.01. The van der Waals surface area contributed by atoms with Gasteiger partial charge in [-0.25, -0.2) is 22.6 Å². The van der Waals surface area contributed by atoms with E-state index in [1.807, 2.05) is 19.1 Å². The fraction of sp³-hybridized carbons (Fsp3) is 0.615. The van der Waals surface area contributed by atoms with E-state index in [9.17, 15) is 32.0 Å². The molecule has 3 N–H and O–H groups in total. The molecule has 0 bridgehead atoms. The van der Waals surface area contributed by atoms with Crippen LogP contribution < -0.4 is 24.8 Å². The zero-order chi connectivity index (χ0) is 39.9. The summed E-state index contributed by atoms with van der Waals surface area (Å²) in [5.41, 5.74) is -2.49. The normalized spacial score (nSPS) is 29.5. The van der Waals surface area contributed by atoms with Gasteiger partial charge in [-0.05, 0) is 89.3 Å². The Kier molecular flexibility index (Phi) is 11.1. The lowest BCUT2D eigenvalue weighted by molar-refractivity contribution is -0.142. The van der Waals surface area contributed by atoms with Gasteiger partial charge in [0.15, 0.2) is 0 Å². The number of nitrogens with one attached hydrogen (secondary N) is 3. The summed E-state index contributed by atoms with van der Waals surface area (Å²) in [5.74, 6) is -2.12. The number of hydrogen-bond acceptors (Lipinski definition) is 10. The molecule has 1 aromatic heterocycles. The number of halogens is 1. The summed E-state index contributed by atoms with van der Waals surface area (Å²) in [6.07, 6.45) is 5.94. The predicted octanol–water partition coefficient (Wildman–Crippen LogP) is 4.32. The van der Waals surface area contributed by atoms with Crippen molar-refractivity contribution < 1.29 is 46.2 Å². The van der Waals surface area contributed by atoms with Crippen LogP contribution >= 0.6 is 0 Å². The van der Waals surface area contributed by atoms with Crippen molar-refractivity contribution in [2.24, 2.45) is 17.8 Å². The lowest BCUT2D eigenvalue weighted by atomic mass is 9.88. The molecule has 1 aromatic carbocycles. The molecule has 0 radical (unpaired) electrons. The number of alkyl halides is 1. The number of amides is 4. The minimum Gasteiger partial charge on any atom is -0.496 e. The molecule has 2 aromatic rings. The van der Waals surface area contributed by atoms with Crippen molar-refractivity contribution in [2.75, 3.05) is 20.3 Å². The second-order valence-corrected chi connectivity index (χ2v) is 18.7. The zero-order valence-corrected chi connectivity index (χ0v) is 33.0. The fourth-order valence-electron chi connectivity index (χ4n) is 7.77. The van der Waals surface area contributed by atoms with Gasteiger partial charge in [-0.3, -0.25) is 19.1 Å². The van der Waals surface area contributed by atoms with Gasteiger partial charge in [0.25, 0.3) is 5.91 Å². The van der Waals surface area contributed by atoms with Crippen molar-refractivity contribution in [3.8, 4) is 11.6 Å². The Morgan fingerprint density at radius 3 is 2.53 bits per heavy atom. The van der Waals surface area contributed by atoms with E-state index >= 15 is 0 Å². The Hall–Kier alpha value is -4.47. The van der Waals surface area contributed by atoms with E-state index in [0.29, 0.717) is 24.0 Å². The number of rotatable bonds is 8. The van der Waals surface area contributed by atoms with Crippen LogP contribution in [0.5, 0.6) is 11.6 Å². The average molecular weight is 786 g/mol. The van der Waals surface area contributed by atoms with Gasteiger partial charge in [0.1, 0.15) is 46.5 Å². The number of allylic oxidation sites excluding steroid dienone is 1. The van der Waals surface area contributed by atoms with Gasteiger partial charge in [-0.1, -0.05) is 32.1 Å². The highest BCUT2D eigenvalue weighted by atomic mass is 32.2. The maximum atomic E-state index is 14.7. The number of methoxy groups -OCH3 is 1. The van der Waals surface area contributed by atoms with Crippen LogP contribution in [0.25, 0.3) is 10.8 Å². The maximum Gasteiger partial charge on any atom is 0.408 e. The number of nitrogens with zero attached hydrogens (tertiary/aromatic N) is 2. The molecule has 7 unspecified atom stereocenters. The van der Waals surface area contributed by atoms with Crippen LogP contribution in [-0.4, -0.2) is 96.5 Å². The highest BCUT2D eigenvalue weighted by Crippen LogP contribution is 2.48. The molecule has 300 valence electrons. The predicted molar refractivity (Wildman–Crippen MR) is 201 cm³/mol. The summed E-state index contributed by atoms with van der Waals surface area (Å²) < 4.78 is 58.1. The number of alkyl carbamates (subject to hydrolysis) is 1. The molecule has 2 aliphatic carbocycles. The number of carbonyl (C=O) groups is 4. The number of benzene rings is 1. The first-order chi connectivity index (χ1) is 25.9. The summed E-state index contributed by atoms with van der Waals surface area (Å²) in [6, 6.07) is 4.94. The molecule has 6 rings (SSSR count). The van der Waals surface area contributed by atoms with E-state index < -0.39 is 80.5 Å². The van der Waals surface area contributed by atoms with Gasteiger partial charge in [0.2, 0.25) is 27.7 Å². The largest absolute Gasteiger partial charge is 0.496 e. The van der Waals surface area contributed by atoms with Gasteiger partial charge in [0.05, 0.1) is 13.7 Å². The van der Waals surface area contributed by atoms with Crippen molar-refractivity contribution >= 4 is 44.6 Å². The number of carbonyl (C=O) groups excluding carboxylic acids is 4. The molecule has 16 heteroatoms. The van der Waals surface area contributed by atoms with Crippen molar-refractivity contribution in [1.29, 1.82) is 0 Å². The minimum absolute atomic E-state index is 0.00891. The molecule has 7 atom stereocenters. The Bertz CT molecular complexity index is 1970. The standard InChI is InChI=1S/C39H52FN5O9S/c1-23-10-7-8-11-25-20-39(25,35(48)44-55(50,51)38(22-40)15-16-38)43-32(46)29-19-26(53-33-28-12-9-13-30(52-6)27(28)14-17-41-33)21-45(29)34(47)31(24(2)18-23)42-36(49)54-37(3,4)5/h8-9,11-14,17,23-26,29,31H,7,10,15-16,18-22H2,1-6H3,(H,42,49)(H,43,46)(H,44,48). The second kappa shape index (κ2) is 15.2. The summed E-state index contributed by atoms with van der Waals surface area (Å²) in [4.78, 5) is 62.1. The Morgan fingerprint density at radius 2 is 1.85 bits per heavy atom. The van der Waals surface area contributed by atoms with Gasteiger partial charge in [-0.2, -0.15) is 0 Å². The molecule has 4 aliphatic rings. The summed E-state index contributed by atoms with van der Waals surface area (Å²) >= 11 is 0. The number of aromatic nitrogens is 1. The summed E-state index contributed by atoms with van der Waals surface area (Å²) in [6.45, 7) is 7.87. The number of fused-ring (bicyclic) bond motifs is 3. The van der Waals surface area contributed by atoms with Gasteiger partial charge >= 0.3 is 6.09 Å². The number of sulfonamides is 1. The number of ether oxygens (including phenoxy) is 3. The van der Waals surface area contributed by atoms with Crippen LogP contribution in [0.1, 0.15) is 79.6 Å². The third-order valence-electron chi connectivity index (χ3n) is 11.2. The Balaban J connectivity index is 1.35. The van der Waals surface area contributed by atoms with E-state index in [1.54, 1.807) is 58.4 Å². The smallest absolute Gasteiger partial charge is 0.408 e. The van der Waals surface area contributed by atoms with Crippen LogP contribution in [-0.2, 0) is 29.1 Å². The van der Waals surface area contributed by atoms with E-state index in [-0.39, 0.29) is 49.9 Å². The van der Waals surface area contributed by atoms with Crippen molar-refractivity contribution in [3.63, 3.8) is 0 Å². The monoisotopic (exact) mass is 785 g/mol. The molecular weight excluding hydrogens is 734 g/mol. The molecule has 14 nitrogen and oxygen atoms in total. The average Bonchev–Trinajstić information content (AvgIpc) is 4.02. The maximum absolute atomic E-state index is 14.7. The third-order valence-corrected chi connectivity index (χ3v) is 13.3. The molecule has 3 heterocycles. The van der Waals surface area contributed by atoms with Crippen LogP contribution in [0.4, 0.5) is 9.18 Å². The van der Waals surface area contributed by atoms with Crippen LogP contribution in [0, 0.1) is 17.8 Å². The third kappa shape index (κ3) is 8.38. The van der Waals surface area contributed by atoms with Crippen LogP contribution in [0.2, 0.25) is 0 Å². The van der Waals surface area contributed by atoms with E-state index in [1.165, 1.54) is 4.90 Å². The molecule has 2 saturated carbocycles. The van der Waals surface area contributed by atoms with Crippen molar-refractivity contribution in [1.82, 2.24) is 25.2 Å². The minimum atomic E-state index is -4.38. The topological polar surface area (TPSA) is 182 Å².